The van der Waals surface area contributed by atoms with Crippen molar-refractivity contribution in [1.29, 1.82) is 0 Å². The second-order valence-electron chi connectivity index (χ2n) is 10.0. The van der Waals surface area contributed by atoms with E-state index < -0.39 is 78.0 Å². The van der Waals surface area contributed by atoms with Crippen molar-refractivity contribution in [2.45, 2.75) is 37.6 Å². The monoisotopic (exact) mass is 638 g/mol. The molecule has 5 atom stereocenters. The molecule has 1 heterocycles. The number of benzene rings is 3. The van der Waals surface area contributed by atoms with E-state index in [-0.39, 0.29) is 17.1 Å². The topological polar surface area (TPSA) is 230 Å². The standard InChI is InChI=1S/C32H30O14/c1-16(33)44-31-25(15-43-26(38)13-6-17-2-7-19(34)8-3-17)46-32(30(42)29(31)41)45-24-12-9-20(27(39)28(24)40)21(35)10-4-18-5-11-22(36)23(37)14-18/h2-14,25,29-32,34,36-37,39-42H,15H2,1H3/b10-4+,13-6+/t25-,29-,30-,31-,32-/m1/s1. The van der Waals surface area contributed by atoms with Gasteiger partial charge in [0.15, 0.2) is 34.9 Å². The minimum absolute atomic E-state index is 0.0397. The maximum atomic E-state index is 12.7. The molecule has 14 nitrogen and oxygen atoms in total. The summed E-state index contributed by atoms with van der Waals surface area (Å²) in [7, 11) is 0. The van der Waals surface area contributed by atoms with Crippen molar-refractivity contribution in [3.8, 4) is 34.5 Å². The van der Waals surface area contributed by atoms with E-state index >= 15 is 0 Å². The summed E-state index contributed by atoms with van der Waals surface area (Å²) in [6.45, 7) is 0.481. The van der Waals surface area contributed by atoms with Crippen LogP contribution in [0.2, 0.25) is 0 Å². The number of carbonyl (C=O) groups is 3. The number of hydrogen-bond acceptors (Lipinski definition) is 14. The number of ketones is 1. The number of esters is 2. The highest BCUT2D eigenvalue weighted by molar-refractivity contribution is 6.09. The summed E-state index contributed by atoms with van der Waals surface area (Å²) in [5.41, 5.74) is 0.599. The molecule has 46 heavy (non-hydrogen) atoms. The molecule has 0 aliphatic carbocycles. The second-order valence-corrected chi connectivity index (χ2v) is 10.0. The van der Waals surface area contributed by atoms with Gasteiger partial charge in [-0.2, -0.15) is 0 Å². The molecule has 3 aromatic rings. The third kappa shape index (κ3) is 8.12. The zero-order valence-electron chi connectivity index (χ0n) is 24.1. The van der Waals surface area contributed by atoms with Crippen LogP contribution in [0.5, 0.6) is 34.5 Å². The van der Waals surface area contributed by atoms with Gasteiger partial charge in [-0.3, -0.25) is 9.59 Å². The van der Waals surface area contributed by atoms with Crippen LogP contribution in [0.4, 0.5) is 0 Å². The number of rotatable bonds is 10. The van der Waals surface area contributed by atoms with Crippen molar-refractivity contribution in [3.63, 3.8) is 0 Å². The van der Waals surface area contributed by atoms with Gasteiger partial charge in [0.05, 0.1) is 5.56 Å². The van der Waals surface area contributed by atoms with Crippen molar-refractivity contribution in [2.75, 3.05) is 6.61 Å². The van der Waals surface area contributed by atoms with E-state index in [2.05, 4.69) is 0 Å². The third-order valence-corrected chi connectivity index (χ3v) is 6.69. The van der Waals surface area contributed by atoms with Crippen molar-refractivity contribution in [2.24, 2.45) is 0 Å². The maximum Gasteiger partial charge on any atom is 0.330 e. The van der Waals surface area contributed by atoms with E-state index in [1.165, 1.54) is 42.5 Å². The summed E-state index contributed by atoms with van der Waals surface area (Å²) < 4.78 is 21.4. The van der Waals surface area contributed by atoms with E-state index in [4.69, 9.17) is 18.9 Å². The fourth-order valence-electron chi connectivity index (χ4n) is 4.32. The zero-order chi connectivity index (χ0) is 33.5. The van der Waals surface area contributed by atoms with Crippen molar-refractivity contribution in [3.05, 3.63) is 83.4 Å². The summed E-state index contributed by atoms with van der Waals surface area (Å²) >= 11 is 0. The first-order valence-electron chi connectivity index (χ1n) is 13.6. The lowest BCUT2D eigenvalue weighted by Crippen LogP contribution is -2.61. The summed E-state index contributed by atoms with van der Waals surface area (Å²) in [6, 6.07) is 12.0. The molecule has 1 aliphatic heterocycles. The Kier molecular flexibility index (Phi) is 10.5. The highest BCUT2D eigenvalue weighted by Gasteiger charge is 2.48. The van der Waals surface area contributed by atoms with Gasteiger partial charge < -0.3 is 54.7 Å². The van der Waals surface area contributed by atoms with Gasteiger partial charge in [0, 0.05) is 13.0 Å². The Bertz CT molecular complexity index is 1650. The van der Waals surface area contributed by atoms with Gasteiger partial charge in [-0.25, -0.2) is 4.79 Å². The van der Waals surface area contributed by atoms with Crippen LogP contribution < -0.4 is 4.74 Å². The van der Waals surface area contributed by atoms with Crippen molar-refractivity contribution >= 4 is 29.9 Å². The lowest BCUT2D eigenvalue weighted by atomic mass is 9.99. The molecule has 242 valence electrons. The summed E-state index contributed by atoms with van der Waals surface area (Å²) in [4.78, 5) is 36.7. The Labute approximate surface area is 261 Å². The Balaban J connectivity index is 1.47. The fraction of sp³-hybridized carbons (Fsp3) is 0.219. The molecule has 0 amide bonds. The Morgan fingerprint density at radius 1 is 0.804 bits per heavy atom. The quantitative estimate of drug-likeness (QED) is 0.0730. The fourth-order valence-corrected chi connectivity index (χ4v) is 4.32. The lowest BCUT2D eigenvalue weighted by molar-refractivity contribution is -0.282. The van der Waals surface area contributed by atoms with E-state index in [0.717, 1.165) is 31.2 Å². The number of hydrogen-bond donors (Lipinski definition) is 7. The minimum atomic E-state index is -1.86. The van der Waals surface area contributed by atoms with Crippen LogP contribution in [-0.4, -0.2) is 90.8 Å². The number of allylic oxidation sites excluding steroid dienone is 1. The highest BCUT2D eigenvalue weighted by Crippen LogP contribution is 2.40. The molecule has 0 unspecified atom stereocenters. The first-order valence-corrected chi connectivity index (χ1v) is 13.6. The molecule has 0 aromatic heterocycles. The largest absolute Gasteiger partial charge is 0.508 e. The van der Waals surface area contributed by atoms with E-state index in [9.17, 15) is 50.1 Å². The summed E-state index contributed by atoms with van der Waals surface area (Å²) in [5, 5.41) is 70.8. The normalized spacial score (nSPS) is 21.2. The lowest BCUT2D eigenvalue weighted by Gasteiger charge is -2.41. The van der Waals surface area contributed by atoms with Crippen LogP contribution in [0.1, 0.15) is 28.4 Å². The molecule has 1 aliphatic rings. The van der Waals surface area contributed by atoms with Gasteiger partial charge in [0.2, 0.25) is 12.0 Å². The van der Waals surface area contributed by atoms with Crippen LogP contribution >= 0.6 is 0 Å². The van der Waals surface area contributed by atoms with Crippen molar-refractivity contribution < 1.29 is 69.1 Å². The van der Waals surface area contributed by atoms with Crippen LogP contribution in [0.25, 0.3) is 12.2 Å². The van der Waals surface area contributed by atoms with E-state index in [1.54, 1.807) is 12.1 Å². The molecule has 14 heteroatoms. The molecular weight excluding hydrogens is 608 g/mol. The number of phenols is 5. The molecule has 0 spiro atoms. The molecule has 0 saturated carbocycles. The van der Waals surface area contributed by atoms with E-state index in [1.807, 2.05) is 0 Å². The smallest absolute Gasteiger partial charge is 0.330 e. The number of aromatic hydroxyl groups is 5. The predicted molar refractivity (Wildman–Crippen MR) is 158 cm³/mol. The molecule has 1 fully saturated rings. The zero-order valence-corrected chi connectivity index (χ0v) is 24.1. The average Bonchev–Trinajstić information content (AvgIpc) is 3.02. The van der Waals surface area contributed by atoms with Crippen molar-refractivity contribution in [1.82, 2.24) is 0 Å². The number of ether oxygens (including phenoxy) is 4. The van der Waals surface area contributed by atoms with Crippen LogP contribution in [-0.2, 0) is 23.8 Å². The third-order valence-electron chi connectivity index (χ3n) is 6.69. The SMILES string of the molecule is CC(=O)O[C@H]1[C@H](O)[C@@H](O)[C@H](Oc2ccc(C(=O)/C=C/c3ccc(O)c(O)c3)c(O)c2O)O[C@@H]1COC(=O)/C=C/c1ccc(O)cc1. The molecule has 0 bridgehead atoms. The van der Waals surface area contributed by atoms with Gasteiger partial charge in [-0.05, 0) is 59.7 Å². The second kappa shape index (κ2) is 14.5. The maximum absolute atomic E-state index is 12.7. The van der Waals surface area contributed by atoms with Crippen LogP contribution in [0.3, 0.4) is 0 Å². The first-order chi connectivity index (χ1) is 21.8. The number of carbonyl (C=O) groups excluding carboxylic acids is 3. The van der Waals surface area contributed by atoms with Crippen LogP contribution in [0, 0.1) is 0 Å². The molecule has 1 saturated heterocycles. The highest BCUT2D eigenvalue weighted by atomic mass is 16.7. The number of phenolic OH excluding ortho intramolecular Hbond substituents is 5. The number of aliphatic hydroxyl groups is 2. The Morgan fingerprint density at radius 2 is 1.48 bits per heavy atom. The summed E-state index contributed by atoms with van der Waals surface area (Å²) in [6.07, 6.45) is -3.43. The van der Waals surface area contributed by atoms with Crippen LogP contribution in [0.15, 0.2) is 66.7 Å². The molecule has 4 rings (SSSR count). The first kappa shape index (κ1) is 33.3. The molecule has 7 N–H and O–H groups in total. The molecular formula is C32H30O14. The van der Waals surface area contributed by atoms with E-state index in [0.29, 0.717) is 11.1 Å². The predicted octanol–water partition coefficient (Wildman–Crippen LogP) is 2.12. The molecule has 0 radical (unpaired) electrons. The van der Waals surface area contributed by atoms with Gasteiger partial charge in [-0.1, -0.05) is 24.3 Å². The van der Waals surface area contributed by atoms with Gasteiger partial charge in [0.1, 0.15) is 30.7 Å². The average molecular weight is 639 g/mol. The van der Waals surface area contributed by atoms with Gasteiger partial charge >= 0.3 is 11.9 Å². The Hall–Kier alpha value is -5.57. The number of aliphatic hydroxyl groups excluding tert-OH is 2. The Morgan fingerprint density at radius 3 is 2.15 bits per heavy atom. The minimum Gasteiger partial charge on any atom is -0.508 e. The van der Waals surface area contributed by atoms with Gasteiger partial charge in [-0.15, -0.1) is 0 Å². The molecule has 3 aromatic carbocycles. The summed E-state index contributed by atoms with van der Waals surface area (Å²) in [5.74, 6) is -5.38. The van der Waals surface area contributed by atoms with Gasteiger partial charge in [0.25, 0.3) is 0 Å².